The van der Waals surface area contributed by atoms with E-state index in [4.69, 9.17) is 10.00 Å². The van der Waals surface area contributed by atoms with Crippen molar-refractivity contribution in [2.24, 2.45) is 0 Å². The third-order valence-electron chi connectivity index (χ3n) is 2.60. The summed E-state index contributed by atoms with van der Waals surface area (Å²) in [6.07, 6.45) is 3.32. The predicted octanol–water partition coefficient (Wildman–Crippen LogP) is 2.06. The maximum atomic E-state index is 8.48. The van der Waals surface area contributed by atoms with Crippen LogP contribution in [0, 0.1) is 11.3 Å². The number of ether oxygens (including phenoxy) is 1. The van der Waals surface area contributed by atoms with Crippen LogP contribution in [-0.2, 0) is 4.74 Å². The van der Waals surface area contributed by atoms with Gasteiger partial charge in [-0.25, -0.2) is 0 Å². The molecule has 0 atom stereocenters. The van der Waals surface area contributed by atoms with E-state index in [0.717, 1.165) is 31.9 Å². The molecule has 1 aromatic carbocycles. The highest BCUT2D eigenvalue weighted by Crippen LogP contribution is 2.18. The van der Waals surface area contributed by atoms with Crippen LogP contribution in [0.1, 0.15) is 5.56 Å². The molecular formula is C13H14N2O. The first-order valence-electron chi connectivity index (χ1n) is 5.39. The number of nitrogens with zero attached hydrogens (tertiary/aromatic N) is 2. The second kappa shape index (κ2) is 5.34. The van der Waals surface area contributed by atoms with Gasteiger partial charge in [0.15, 0.2) is 0 Å². The van der Waals surface area contributed by atoms with Crippen LogP contribution < -0.4 is 4.90 Å². The third-order valence-corrected chi connectivity index (χ3v) is 2.60. The molecule has 1 fully saturated rings. The summed E-state index contributed by atoms with van der Waals surface area (Å²) in [6, 6.07) is 10.2. The van der Waals surface area contributed by atoms with Gasteiger partial charge < -0.3 is 9.64 Å². The Morgan fingerprint density at radius 2 is 2.12 bits per heavy atom. The van der Waals surface area contributed by atoms with Crippen molar-refractivity contribution in [3.05, 3.63) is 35.9 Å². The van der Waals surface area contributed by atoms with E-state index in [2.05, 4.69) is 17.0 Å². The largest absolute Gasteiger partial charge is 0.378 e. The highest BCUT2D eigenvalue weighted by Gasteiger charge is 2.10. The minimum absolute atomic E-state index is 0.790. The lowest BCUT2D eigenvalue weighted by molar-refractivity contribution is 0.122. The highest BCUT2D eigenvalue weighted by atomic mass is 16.5. The number of anilines is 1. The lowest BCUT2D eigenvalue weighted by atomic mass is 10.1. The maximum absolute atomic E-state index is 8.48. The normalized spacial score (nSPS) is 16.3. The van der Waals surface area contributed by atoms with E-state index in [1.807, 2.05) is 24.3 Å². The molecule has 0 aromatic heterocycles. The molecule has 0 N–H and O–H groups in total. The number of hydrogen-bond donors (Lipinski definition) is 0. The van der Waals surface area contributed by atoms with Gasteiger partial charge in [0.1, 0.15) is 0 Å². The van der Waals surface area contributed by atoms with Crippen LogP contribution in [0.2, 0.25) is 0 Å². The number of morpholine rings is 1. The number of nitriles is 1. The summed E-state index contributed by atoms with van der Waals surface area (Å²) in [6.45, 7) is 3.45. The summed E-state index contributed by atoms with van der Waals surface area (Å²) in [7, 11) is 0. The fourth-order valence-electron chi connectivity index (χ4n) is 1.78. The quantitative estimate of drug-likeness (QED) is 0.707. The van der Waals surface area contributed by atoms with E-state index in [1.165, 1.54) is 11.8 Å². The molecule has 3 nitrogen and oxygen atoms in total. The molecule has 1 aliphatic heterocycles. The van der Waals surface area contributed by atoms with E-state index in [1.54, 1.807) is 0 Å². The molecule has 2 rings (SSSR count). The van der Waals surface area contributed by atoms with Gasteiger partial charge >= 0.3 is 0 Å². The Balaban J connectivity index is 2.15. The molecule has 0 saturated carbocycles. The Morgan fingerprint density at radius 3 is 2.88 bits per heavy atom. The van der Waals surface area contributed by atoms with E-state index in [9.17, 15) is 0 Å². The summed E-state index contributed by atoms with van der Waals surface area (Å²) in [5, 5.41) is 8.48. The molecule has 0 bridgehead atoms. The fourth-order valence-corrected chi connectivity index (χ4v) is 1.78. The van der Waals surface area contributed by atoms with Crippen molar-refractivity contribution in [1.82, 2.24) is 0 Å². The average Bonchev–Trinajstić information content (AvgIpc) is 2.38. The van der Waals surface area contributed by atoms with Gasteiger partial charge in [-0.15, -0.1) is 0 Å². The van der Waals surface area contributed by atoms with Gasteiger partial charge in [0, 0.05) is 24.9 Å². The van der Waals surface area contributed by atoms with Gasteiger partial charge in [-0.2, -0.15) is 5.26 Å². The Labute approximate surface area is 95.6 Å². The van der Waals surface area contributed by atoms with E-state index < -0.39 is 0 Å². The lowest BCUT2D eigenvalue weighted by Gasteiger charge is -2.29. The Hall–Kier alpha value is -1.79. The van der Waals surface area contributed by atoms with E-state index in [0.29, 0.717) is 0 Å². The zero-order valence-corrected chi connectivity index (χ0v) is 9.10. The number of hydrogen-bond acceptors (Lipinski definition) is 3. The zero-order chi connectivity index (χ0) is 11.2. The average molecular weight is 214 g/mol. The molecule has 0 unspecified atom stereocenters. The van der Waals surface area contributed by atoms with Crippen LogP contribution in [0.25, 0.3) is 6.08 Å². The van der Waals surface area contributed by atoms with Crippen LogP contribution in [-0.4, -0.2) is 26.3 Å². The molecule has 1 saturated heterocycles. The smallest absolute Gasteiger partial charge is 0.0912 e. The van der Waals surface area contributed by atoms with Crippen molar-refractivity contribution >= 4 is 11.8 Å². The molecular weight excluding hydrogens is 200 g/mol. The van der Waals surface area contributed by atoms with Crippen molar-refractivity contribution in [1.29, 1.82) is 5.26 Å². The molecule has 82 valence electrons. The predicted molar refractivity (Wildman–Crippen MR) is 64.1 cm³/mol. The molecule has 3 heteroatoms. The van der Waals surface area contributed by atoms with Gasteiger partial charge in [-0.05, 0) is 23.8 Å². The van der Waals surface area contributed by atoms with Crippen LogP contribution in [0.3, 0.4) is 0 Å². The van der Waals surface area contributed by atoms with Crippen LogP contribution in [0.4, 0.5) is 5.69 Å². The Bertz CT molecular complexity index is 414. The molecule has 1 aliphatic rings. The summed E-state index contributed by atoms with van der Waals surface area (Å²) < 4.78 is 5.32. The summed E-state index contributed by atoms with van der Waals surface area (Å²) in [5.74, 6) is 0. The molecule has 1 heterocycles. The lowest BCUT2D eigenvalue weighted by Crippen LogP contribution is -2.36. The van der Waals surface area contributed by atoms with Crippen LogP contribution in [0.5, 0.6) is 0 Å². The van der Waals surface area contributed by atoms with E-state index in [-0.39, 0.29) is 0 Å². The van der Waals surface area contributed by atoms with Crippen molar-refractivity contribution in [3.8, 4) is 6.07 Å². The van der Waals surface area contributed by atoms with Crippen LogP contribution >= 0.6 is 0 Å². The first kappa shape index (κ1) is 10.7. The van der Waals surface area contributed by atoms with Crippen LogP contribution in [0.15, 0.2) is 30.3 Å². The standard InChI is InChI=1S/C13H14N2O/c14-6-2-4-12-3-1-5-13(11-12)15-7-9-16-10-8-15/h1-5,11H,7-10H2. The molecule has 0 spiro atoms. The third kappa shape index (κ3) is 2.62. The van der Waals surface area contributed by atoms with Gasteiger partial charge in [-0.1, -0.05) is 12.1 Å². The first-order chi connectivity index (χ1) is 7.90. The monoisotopic (exact) mass is 214 g/mol. The molecule has 0 radical (unpaired) electrons. The maximum Gasteiger partial charge on any atom is 0.0912 e. The number of rotatable bonds is 2. The minimum Gasteiger partial charge on any atom is -0.378 e. The summed E-state index contributed by atoms with van der Waals surface area (Å²) in [4.78, 5) is 2.30. The fraction of sp³-hybridized carbons (Fsp3) is 0.308. The van der Waals surface area contributed by atoms with Crippen molar-refractivity contribution < 1.29 is 4.74 Å². The second-order valence-corrected chi connectivity index (χ2v) is 3.66. The second-order valence-electron chi connectivity index (χ2n) is 3.66. The number of allylic oxidation sites excluding steroid dienone is 1. The Morgan fingerprint density at radius 1 is 1.31 bits per heavy atom. The minimum atomic E-state index is 0.790. The first-order valence-corrected chi connectivity index (χ1v) is 5.39. The topological polar surface area (TPSA) is 36.3 Å². The summed E-state index contributed by atoms with van der Waals surface area (Å²) >= 11 is 0. The molecule has 0 amide bonds. The summed E-state index contributed by atoms with van der Waals surface area (Å²) in [5.41, 5.74) is 2.26. The molecule has 0 aliphatic carbocycles. The highest BCUT2D eigenvalue weighted by molar-refractivity contribution is 5.59. The van der Waals surface area contributed by atoms with Gasteiger partial charge in [0.25, 0.3) is 0 Å². The van der Waals surface area contributed by atoms with Gasteiger partial charge in [0.2, 0.25) is 0 Å². The van der Waals surface area contributed by atoms with Crippen molar-refractivity contribution in [3.63, 3.8) is 0 Å². The van der Waals surface area contributed by atoms with Gasteiger partial charge in [-0.3, -0.25) is 0 Å². The molecule has 1 aromatic rings. The van der Waals surface area contributed by atoms with Crippen molar-refractivity contribution in [2.45, 2.75) is 0 Å². The zero-order valence-electron chi connectivity index (χ0n) is 9.10. The van der Waals surface area contributed by atoms with Gasteiger partial charge in [0.05, 0.1) is 19.3 Å². The Kier molecular flexibility index (Phi) is 3.58. The SMILES string of the molecule is N#CC=Cc1cccc(N2CCOCC2)c1. The van der Waals surface area contributed by atoms with Crippen molar-refractivity contribution in [2.75, 3.05) is 31.2 Å². The molecule has 16 heavy (non-hydrogen) atoms. The number of benzene rings is 1. The van der Waals surface area contributed by atoms with E-state index >= 15 is 0 Å².